The van der Waals surface area contributed by atoms with E-state index in [1.54, 1.807) is 30.3 Å². The second-order valence-corrected chi connectivity index (χ2v) is 3.56. The number of benzene rings is 1. The van der Waals surface area contributed by atoms with Crippen molar-refractivity contribution in [1.82, 2.24) is 0 Å². The van der Waals surface area contributed by atoms with Gasteiger partial charge in [-0.15, -0.1) is 6.58 Å². The predicted molar refractivity (Wildman–Crippen MR) is 59.6 cm³/mol. The number of hydrogen-bond donors (Lipinski definition) is 4. The van der Waals surface area contributed by atoms with Crippen molar-refractivity contribution in [2.24, 2.45) is 0 Å². The number of rotatable bonds is 5. The van der Waals surface area contributed by atoms with Crippen LogP contribution in [0, 0.1) is 0 Å². The zero-order valence-corrected chi connectivity index (χ0v) is 8.77. The standard InChI is InChI=1S/C12H16O4/c1-2-9(13)11(15)12(16)10(14)8-6-4-3-5-7-8/h2-7,9-16H,1H2/t9-,10-,11+,12+/m1/s1. The van der Waals surface area contributed by atoms with Crippen LogP contribution in [-0.4, -0.2) is 38.7 Å². The van der Waals surface area contributed by atoms with Gasteiger partial charge in [-0.25, -0.2) is 0 Å². The number of hydrogen-bond acceptors (Lipinski definition) is 4. The molecule has 0 spiro atoms. The van der Waals surface area contributed by atoms with Gasteiger partial charge in [0.2, 0.25) is 0 Å². The molecule has 0 aliphatic carbocycles. The van der Waals surface area contributed by atoms with Crippen molar-refractivity contribution in [3.05, 3.63) is 48.6 Å². The monoisotopic (exact) mass is 224 g/mol. The van der Waals surface area contributed by atoms with Crippen LogP contribution in [0.4, 0.5) is 0 Å². The van der Waals surface area contributed by atoms with Crippen LogP contribution in [0.2, 0.25) is 0 Å². The molecular formula is C12H16O4. The van der Waals surface area contributed by atoms with Crippen molar-refractivity contribution < 1.29 is 20.4 Å². The number of aliphatic hydroxyl groups excluding tert-OH is 4. The molecule has 0 saturated carbocycles. The zero-order chi connectivity index (χ0) is 12.1. The molecule has 0 aromatic heterocycles. The normalized spacial score (nSPS) is 18.5. The molecule has 1 rings (SSSR count). The van der Waals surface area contributed by atoms with Crippen molar-refractivity contribution in [1.29, 1.82) is 0 Å². The Morgan fingerprint density at radius 1 is 0.938 bits per heavy atom. The third-order valence-corrected chi connectivity index (χ3v) is 2.41. The highest BCUT2D eigenvalue weighted by Gasteiger charge is 2.29. The molecule has 4 atom stereocenters. The molecule has 4 heteroatoms. The first kappa shape index (κ1) is 12.9. The van der Waals surface area contributed by atoms with Crippen LogP contribution >= 0.6 is 0 Å². The van der Waals surface area contributed by atoms with Gasteiger partial charge in [-0.05, 0) is 5.56 Å². The molecular weight excluding hydrogens is 208 g/mol. The van der Waals surface area contributed by atoms with Gasteiger partial charge < -0.3 is 20.4 Å². The summed E-state index contributed by atoms with van der Waals surface area (Å²) >= 11 is 0. The van der Waals surface area contributed by atoms with Crippen LogP contribution in [0.1, 0.15) is 11.7 Å². The van der Waals surface area contributed by atoms with Crippen LogP contribution in [0.25, 0.3) is 0 Å². The van der Waals surface area contributed by atoms with Gasteiger partial charge in [0.15, 0.2) is 0 Å². The molecule has 16 heavy (non-hydrogen) atoms. The Balaban J connectivity index is 2.74. The summed E-state index contributed by atoms with van der Waals surface area (Å²) in [7, 11) is 0. The van der Waals surface area contributed by atoms with E-state index in [9.17, 15) is 20.4 Å². The van der Waals surface area contributed by atoms with Crippen LogP contribution in [-0.2, 0) is 0 Å². The fourth-order valence-electron chi connectivity index (χ4n) is 1.38. The van der Waals surface area contributed by atoms with Crippen LogP contribution in [0.5, 0.6) is 0 Å². The lowest BCUT2D eigenvalue weighted by atomic mass is 9.97. The Bertz CT molecular complexity index is 325. The number of aliphatic hydroxyl groups is 4. The zero-order valence-electron chi connectivity index (χ0n) is 8.77. The Morgan fingerprint density at radius 2 is 1.50 bits per heavy atom. The Labute approximate surface area is 94.1 Å². The summed E-state index contributed by atoms with van der Waals surface area (Å²) in [5, 5.41) is 38.1. The Kier molecular flexibility index (Phi) is 4.64. The quantitative estimate of drug-likeness (QED) is 0.530. The van der Waals surface area contributed by atoms with Crippen molar-refractivity contribution in [3.8, 4) is 0 Å². The van der Waals surface area contributed by atoms with Gasteiger partial charge >= 0.3 is 0 Å². The molecule has 0 amide bonds. The van der Waals surface area contributed by atoms with Gasteiger partial charge in [-0.3, -0.25) is 0 Å². The van der Waals surface area contributed by atoms with Crippen molar-refractivity contribution >= 4 is 0 Å². The molecule has 0 fully saturated rings. The summed E-state index contributed by atoms with van der Waals surface area (Å²) in [6, 6.07) is 8.45. The van der Waals surface area contributed by atoms with E-state index in [0.717, 1.165) is 6.08 Å². The molecule has 4 nitrogen and oxygen atoms in total. The second-order valence-electron chi connectivity index (χ2n) is 3.56. The smallest absolute Gasteiger partial charge is 0.113 e. The minimum atomic E-state index is -1.47. The van der Waals surface area contributed by atoms with Crippen molar-refractivity contribution in [2.45, 2.75) is 24.4 Å². The first-order chi connectivity index (χ1) is 7.57. The molecule has 4 N–H and O–H groups in total. The average molecular weight is 224 g/mol. The third-order valence-electron chi connectivity index (χ3n) is 2.41. The van der Waals surface area contributed by atoms with E-state index >= 15 is 0 Å². The van der Waals surface area contributed by atoms with Crippen LogP contribution < -0.4 is 0 Å². The minimum Gasteiger partial charge on any atom is -0.387 e. The van der Waals surface area contributed by atoms with Crippen molar-refractivity contribution in [3.63, 3.8) is 0 Å². The van der Waals surface area contributed by atoms with E-state index in [4.69, 9.17) is 0 Å². The lowest BCUT2D eigenvalue weighted by Gasteiger charge is -2.25. The maximum Gasteiger partial charge on any atom is 0.113 e. The largest absolute Gasteiger partial charge is 0.387 e. The molecule has 0 aliphatic heterocycles. The van der Waals surface area contributed by atoms with E-state index in [-0.39, 0.29) is 0 Å². The fraction of sp³-hybridized carbons (Fsp3) is 0.333. The van der Waals surface area contributed by atoms with Crippen molar-refractivity contribution in [2.75, 3.05) is 0 Å². The van der Waals surface area contributed by atoms with E-state index in [2.05, 4.69) is 6.58 Å². The minimum absolute atomic E-state index is 0.477. The van der Waals surface area contributed by atoms with Gasteiger partial charge in [0.05, 0.1) is 0 Å². The molecule has 1 aromatic rings. The summed E-state index contributed by atoms with van der Waals surface area (Å²) in [4.78, 5) is 0. The third kappa shape index (κ3) is 2.90. The molecule has 1 aromatic carbocycles. The first-order valence-corrected chi connectivity index (χ1v) is 4.97. The molecule has 0 unspecified atom stereocenters. The summed E-state index contributed by atoms with van der Waals surface area (Å²) < 4.78 is 0. The molecule has 0 radical (unpaired) electrons. The SMILES string of the molecule is C=C[C@@H](O)[C@H](O)[C@@H](O)[C@H](O)c1ccccc1. The van der Waals surface area contributed by atoms with E-state index in [0.29, 0.717) is 5.56 Å². The molecule has 88 valence electrons. The lowest BCUT2D eigenvalue weighted by molar-refractivity contribution is -0.0943. The van der Waals surface area contributed by atoms with Gasteiger partial charge in [-0.2, -0.15) is 0 Å². The predicted octanol–water partition coefficient (Wildman–Crippen LogP) is -0.0113. The lowest BCUT2D eigenvalue weighted by Crippen LogP contribution is -2.40. The summed E-state index contributed by atoms with van der Waals surface area (Å²) in [5.41, 5.74) is 0.477. The Morgan fingerprint density at radius 3 is 2.00 bits per heavy atom. The topological polar surface area (TPSA) is 80.9 Å². The van der Waals surface area contributed by atoms with Gasteiger partial charge in [0, 0.05) is 0 Å². The summed E-state index contributed by atoms with van der Waals surface area (Å²) in [6.45, 7) is 3.29. The second kappa shape index (κ2) is 5.77. The molecule has 0 saturated heterocycles. The van der Waals surface area contributed by atoms with Gasteiger partial charge in [0.25, 0.3) is 0 Å². The van der Waals surface area contributed by atoms with Crippen LogP contribution in [0.15, 0.2) is 43.0 Å². The molecule has 0 bridgehead atoms. The molecule has 0 aliphatic rings. The Hall–Kier alpha value is -1.20. The van der Waals surface area contributed by atoms with E-state index < -0.39 is 24.4 Å². The summed E-state index contributed by atoms with van der Waals surface area (Å²) in [6.07, 6.45) is -4.34. The first-order valence-electron chi connectivity index (χ1n) is 4.97. The maximum atomic E-state index is 9.75. The highest BCUT2D eigenvalue weighted by molar-refractivity contribution is 5.19. The van der Waals surface area contributed by atoms with E-state index in [1.807, 2.05) is 0 Å². The maximum absolute atomic E-state index is 9.75. The average Bonchev–Trinajstić information content (AvgIpc) is 2.36. The van der Waals surface area contributed by atoms with Gasteiger partial charge in [-0.1, -0.05) is 36.4 Å². The van der Waals surface area contributed by atoms with Crippen LogP contribution in [0.3, 0.4) is 0 Å². The molecule has 0 heterocycles. The fourth-order valence-corrected chi connectivity index (χ4v) is 1.38. The van der Waals surface area contributed by atoms with E-state index in [1.165, 1.54) is 0 Å². The summed E-state index contributed by atoms with van der Waals surface area (Å²) in [5.74, 6) is 0. The highest BCUT2D eigenvalue weighted by atomic mass is 16.4. The highest BCUT2D eigenvalue weighted by Crippen LogP contribution is 2.20. The van der Waals surface area contributed by atoms with Gasteiger partial charge in [0.1, 0.15) is 24.4 Å².